The van der Waals surface area contributed by atoms with Crippen LogP contribution in [-0.2, 0) is 7.05 Å². The highest BCUT2D eigenvalue weighted by Crippen LogP contribution is 2.30. The van der Waals surface area contributed by atoms with Gasteiger partial charge in [0.15, 0.2) is 5.84 Å². The molecular formula is C12H13BrN4O2. The molecule has 7 heteroatoms. The molecule has 1 heterocycles. The number of hydrogen-bond acceptors (Lipinski definition) is 4. The number of nitrogens with zero attached hydrogens (tertiary/aromatic N) is 3. The average molecular weight is 325 g/mol. The molecule has 2 rings (SSSR count). The second-order valence-electron chi connectivity index (χ2n) is 3.98. The van der Waals surface area contributed by atoms with Gasteiger partial charge in [0.25, 0.3) is 0 Å². The van der Waals surface area contributed by atoms with Crippen molar-refractivity contribution in [2.24, 2.45) is 17.9 Å². The van der Waals surface area contributed by atoms with Crippen LogP contribution in [0.2, 0.25) is 0 Å². The van der Waals surface area contributed by atoms with Gasteiger partial charge in [-0.3, -0.25) is 0 Å². The van der Waals surface area contributed by atoms with E-state index >= 15 is 0 Å². The van der Waals surface area contributed by atoms with Gasteiger partial charge in [-0.05, 0) is 41.1 Å². The number of ether oxygens (including phenoxy) is 1. The minimum Gasteiger partial charge on any atom is -0.438 e. The molecule has 0 fully saturated rings. The number of benzene rings is 1. The Hall–Kier alpha value is -2.02. The van der Waals surface area contributed by atoms with Crippen LogP contribution < -0.4 is 10.5 Å². The maximum Gasteiger partial charge on any atom is 0.217 e. The first-order chi connectivity index (χ1) is 9.01. The first kappa shape index (κ1) is 13.4. The normalized spacial score (nSPS) is 11.6. The Morgan fingerprint density at radius 3 is 2.74 bits per heavy atom. The number of amidine groups is 1. The summed E-state index contributed by atoms with van der Waals surface area (Å²) in [6.07, 6.45) is 0. The smallest absolute Gasteiger partial charge is 0.217 e. The lowest BCUT2D eigenvalue weighted by Crippen LogP contribution is -2.12. The van der Waals surface area contributed by atoms with Gasteiger partial charge in [-0.2, -0.15) is 5.10 Å². The van der Waals surface area contributed by atoms with Crippen LogP contribution in [-0.4, -0.2) is 20.8 Å². The number of nitrogens with two attached hydrogens (primary N) is 1. The van der Waals surface area contributed by atoms with Crippen molar-refractivity contribution in [3.05, 3.63) is 40.0 Å². The SMILES string of the molecule is Cc1cc(Oc2ccc(/C(N)=N/O)cc2Br)n(C)n1. The predicted molar refractivity (Wildman–Crippen MR) is 74.7 cm³/mol. The van der Waals surface area contributed by atoms with Gasteiger partial charge < -0.3 is 15.7 Å². The van der Waals surface area contributed by atoms with Crippen molar-refractivity contribution in [3.63, 3.8) is 0 Å². The van der Waals surface area contributed by atoms with Gasteiger partial charge in [0, 0.05) is 18.7 Å². The molecule has 0 bridgehead atoms. The van der Waals surface area contributed by atoms with Crippen LogP contribution in [0.25, 0.3) is 0 Å². The van der Waals surface area contributed by atoms with E-state index < -0.39 is 0 Å². The van der Waals surface area contributed by atoms with E-state index in [1.54, 1.807) is 29.9 Å². The lowest BCUT2D eigenvalue weighted by molar-refractivity contribution is 0.318. The standard InChI is InChI=1S/C12H13BrN4O2/c1-7-5-11(17(2)15-7)19-10-4-3-8(6-9(10)13)12(14)16-18/h3-6,18H,1-2H3,(H2,14,16). The second-order valence-corrected chi connectivity index (χ2v) is 4.83. The molecule has 1 aromatic carbocycles. The summed E-state index contributed by atoms with van der Waals surface area (Å²) in [5.41, 5.74) is 6.99. The monoisotopic (exact) mass is 324 g/mol. The molecule has 0 aliphatic carbocycles. The Bertz CT molecular complexity index is 637. The Labute approximate surface area is 118 Å². The van der Waals surface area contributed by atoms with Gasteiger partial charge in [-0.25, -0.2) is 4.68 Å². The van der Waals surface area contributed by atoms with Crippen LogP contribution >= 0.6 is 15.9 Å². The van der Waals surface area contributed by atoms with Crippen LogP contribution in [0.3, 0.4) is 0 Å². The van der Waals surface area contributed by atoms with Crippen molar-refractivity contribution in [2.75, 3.05) is 0 Å². The quantitative estimate of drug-likeness (QED) is 0.393. The summed E-state index contributed by atoms with van der Waals surface area (Å²) in [6, 6.07) is 7.00. The molecule has 0 aliphatic rings. The van der Waals surface area contributed by atoms with E-state index in [-0.39, 0.29) is 5.84 Å². The maximum atomic E-state index is 8.63. The van der Waals surface area contributed by atoms with Gasteiger partial charge in [0.1, 0.15) is 5.75 Å². The predicted octanol–water partition coefficient (Wildman–Crippen LogP) is 2.38. The number of halogens is 1. The van der Waals surface area contributed by atoms with E-state index in [1.165, 1.54) is 0 Å². The van der Waals surface area contributed by atoms with Crippen LogP contribution in [0.1, 0.15) is 11.3 Å². The molecule has 0 aliphatic heterocycles. The molecular weight excluding hydrogens is 312 g/mol. The number of aryl methyl sites for hydroxylation is 2. The van der Waals surface area contributed by atoms with Gasteiger partial charge in [-0.15, -0.1) is 0 Å². The Balaban J connectivity index is 2.29. The minimum absolute atomic E-state index is 0.0450. The molecule has 0 saturated carbocycles. The average Bonchev–Trinajstić information content (AvgIpc) is 2.69. The molecule has 0 spiro atoms. The number of rotatable bonds is 3. The summed E-state index contributed by atoms with van der Waals surface area (Å²) in [6.45, 7) is 1.89. The van der Waals surface area contributed by atoms with Crippen molar-refractivity contribution < 1.29 is 9.94 Å². The molecule has 0 amide bonds. The van der Waals surface area contributed by atoms with Crippen LogP contribution in [0.4, 0.5) is 0 Å². The number of hydrogen-bond donors (Lipinski definition) is 2. The van der Waals surface area contributed by atoms with Crippen LogP contribution in [0.5, 0.6) is 11.6 Å². The number of aromatic nitrogens is 2. The fourth-order valence-electron chi connectivity index (χ4n) is 1.60. The Morgan fingerprint density at radius 2 is 2.21 bits per heavy atom. The summed E-state index contributed by atoms with van der Waals surface area (Å²) in [7, 11) is 1.81. The third-order valence-corrected chi connectivity index (χ3v) is 3.13. The highest BCUT2D eigenvalue weighted by atomic mass is 79.9. The van der Waals surface area contributed by atoms with Crippen molar-refractivity contribution in [1.82, 2.24) is 9.78 Å². The zero-order valence-corrected chi connectivity index (χ0v) is 12.0. The van der Waals surface area contributed by atoms with E-state index in [0.717, 1.165) is 5.69 Å². The largest absolute Gasteiger partial charge is 0.438 e. The molecule has 1 aromatic heterocycles. The summed E-state index contributed by atoms with van der Waals surface area (Å²) in [4.78, 5) is 0. The second kappa shape index (κ2) is 5.31. The van der Waals surface area contributed by atoms with E-state index in [9.17, 15) is 0 Å². The third kappa shape index (κ3) is 2.87. The first-order valence-corrected chi connectivity index (χ1v) is 6.26. The highest BCUT2D eigenvalue weighted by molar-refractivity contribution is 9.10. The van der Waals surface area contributed by atoms with Gasteiger partial charge in [0.05, 0.1) is 10.2 Å². The summed E-state index contributed by atoms with van der Waals surface area (Å²) in [5.74, 6) is 1.30. The highest BCUT2D eigenvalue weighted by Gasteiger charge is 2.09. The topological polar surface area (TPSA) is 85.7 Å². The van der Waals surface area contributed by atoms with E-state index in [0.29, 0.717) is 21.7 Å². The molecule has 0 saturated heterocycles. The Kier molecular flexibility index (Phi) is 3.75. The molecule has 0 radical (unpaired) electrons. The summed E-state index contributed by atoms with van der Waals surface area (Å²) < 4.78 is 8.10. The molecule has 6 nitrogen and oxygen atoms in total. The van der Waals surface area contributed by atoms with E-state index in [1.807, 2.05) is 13.0 Å². The fraction of sp³-hybridized carbons (Fsp3) is 0.167. The maximum absolute atomic E-state index is 8.63. The molecule has 100 valence electrons. The molecule has 2 aromatic rings. The van der Waals surface area contributed by atoms with Gasteiger partial charge >= 0.3 is 0 Å². The van der Waals surface area contributed by atoms with Crippen molar-refractivity contribution >= 4 is 21.8 Å². The summed E-state index contributed by atoms with van der Waals surface area (Å²) >= 11 is 3.39. The van der Waals surface area contributed by atoms with Gasteiger partial charge in [0.2, 0.25) is 5.88 Å². The molecule has 0 atom stereocenters. The lowest BCUT2D eigenvalue weighted by Gasteiger charge is -2.08. The Morgan fingerprint density at radius 1 is 1.47 bits per heavy atom. The molecule has 0 unspecified atom stereocenters. The van der Waals surface area contributed by atoms with Gasteiger partial charge in [-0.1, -0.05) is 5.16 Å². The molecule has 3 N–H and O–H groups in total. The van der Waals surface area contributed by atoms with E-state index in [4.69, 9.17) is 15.7 Å². The number of oxime groups is 1. The molecule has 19 heavy (non-hydrogen) atoms. The van der Waals surface area contributed by atoms with Crippen molar-refractivity contribution in [1.29, 1.82) is 0 Å². The zero-order valence-electron chi connectivity index (χ0n) is 10.5. The minimum atomic E-state index is 0.0450. The van der Waals surface area contributed by atoms with Crippen LogP contribution in [0, 0.1) is 6.92 Å². The summed E-state index contributed by atoms with van der Waals surface area (Å²) in [5, 5.41) is 15.8. The van der Waals surface area contributed by atoms with E-state index in [2.05, 4.69) is 26.2 Å². The lowest BCUT2D eigenvalue weighted by atomic mass is 10.2. The fourth-order valence-corrected chi connectivity index (χ4v) is 2.06. The van der Waals surface area contributed by atoms with Crippen molar-refractivity contribution in [2.45, 2.75) is 6.92 Å². The van der Waals surface area contributed by atoms with Crippen molar-refractivity contribution in [3.8, 4) is 11.6 Å². The zero-order chi connectivity index (χ0) is 14.0. The first-order valence-electron chi connectivity index (χ1n) is 5.47. The third-order valence-electron chi connectivity index (χ3n) is 2.51. The van der Waals surface area contributed by atoms with Crippen LogP contribution in [0.15, 0.2) is 33.9 Å².